The van der Waals surface area contributed by atoms with Gasteiger partial charge >= 0.3 is 5.97 Å². The Balaban J connectivity index is 0.000000371. The fourth-order valence-corrected chi connectivity index (χ4v) is 4.81. The molecule has 2 aliphatic heterocycles. The number of esters is 1. The maximum atomic E-state index is 11.7. The van der Waals surface area contributed by atoms with Crippen LogP contribution in [-0.4, -0.2) is 86.9 Å². The van der Waals surface area contributed by atoms with Crippen LogP contribution in [0, 0.1) is 5.41 Å². The Hall–Kier alpha value is -0.593. The van der Waals surface area contributed by atoms with Gasteiger partial charge in [-0.2, -0.15) is 0 Å². The summed E-state index contributed by atoms with van der Waals surface area (Å²) >= 11 is 0. The molecule has 2 heterocycles. The highest BCUT2D eigenvalue weighted by Crippen LogP contribution is 2.37. The lowest BCUT2D eigenvalue weighted by Crippen LogP contribution is -2.41. The first kappa shape index (κ1) is 34.4. The topological polar surface area (TPSA) is 113 Å². The van der Waals surface area contributed by atoms with Crippen LogP contribution in [0.2, 0.25) is 18.1 Å². The quantitative estimate of drug-likeness (QED) is 0.319. The van der Waals surface area contributed by atoms with E-state index in [2.05, 4.69) is 33.9 Å². The van der Waals surface area contributed by atoms with Gasteiger partial charge in [0, 0.05) is 13.2 Å². The van der Waals surface area contributed by atoms with Crippen molar-refractivity contribution in [2.45, 2.75) is 136 Å². The Labute approximate surface area is 225 Å². The molecule has 0 spiro atoms. The monoisotopic (exact) mass is 550 g/mol. The summed E-state index contributed by atoms with van der Waals surface area (Å²) in [5.74, 6) is -1.56. The van der Waals surface area contributed by atoms with Crippen molar-refractivity contribution >= 4 is 14.3 Å². The molecule has 9 nitrogen and oxygen atoms in total. The van der Waals surface area contributed by atoms with Gasteiger partial charge in [0.05, 0.1) is 24.2 Å². The summed E-state index contributed by atoms with van der Waals surface area (Å²) in [4.78, 5) is 11.7. The molecule has 0 saturated carbocycles. The minimum atomic E-state index is -1.70. The SMILES string of the molecule is CC1(C)O[C@@H](CCO)[C@@H](COC(=O)C(C)(C)C)O1.CC1(C)O[C@@H](CCO[Si](C)(C)C(C)(C)C)[C@@H](CO)O1. The Morgan fingerprint density at radius 2 is 1.27 bits per heavy atom. The summed E-state index contributed by atoms with van der Waals surface area (Å²) in [5.41, 5.74) is -0.526. The molecule has 0 aliphatic carbocycles. The van der Waals surface area contributed by atoms with E-state index in [-0.39, 0.29) is 55.2 Å². The van der Waals surface area contributed by atoms with E-state index in [9.17, 15) is 9.90 Å². The van der Waals surface area contributed by atoms with E-state index in [1.807, 2.05) is 27.7 Å². The third-order valence-corrected chi connectivity index (χ3v) is 11.4. The smallest absolute Gasteiger partial charge is 0.311 e. The van der Waals surface area contributed by atoms with Gasteiger partial charge in [-0.25, -0.2) is 0 Å². The molecule has 0 aromatic heterocycles. The zero-order valence-corrected chi connectivity index (χ0v) is 26.3. The minimum Gasteiger partial charge on any atom is -0.462 e. The molecule has 0 bridgehead atoms. The third kappa shape index (κ3) is 11.2. The van der Waals surface area contributed by atoms with Crippen molar-refractivity contribution in [3.05, 3.63) is 0 Å². The Kier molecular flexibility index (Phi) is 12.3. The van der Waals surface area contributed by atoms with Crippen molar-refractivity contribution in [2.75, 3.05) is 26.4 Å². The number of carbonyl (C=O) groups is 1. The maximum absolute atomic E-state index is 11.7. The van der Waals surface area contributed by atoms with Crippen molar-refractivity contribution < 1.29 is 43.1 Å². The van der Waals surface area contributed by atoms with Crippen molar-refractivity contribution in [3.8, 4) is 0 Å². The molecule has 0 unspecified atom stereocenters. The number of aliphatic hydroxyl groups is 2. The summed E-state index contributed by atoms with van der Waals surface area (Å²) in [5, 5.41) is 18.5. The molecule has 37 heavy (non-hydrogen) atoms. The molecule has 0 radical (unpaired) electrons. The van der Waals surface area contributed by atoms with Crippen molar-refractivity contribution in [1.82, 2.24) is 0 Å². The van der Waals surface area contributed by atoms with Crippen LogP contribution in [0.15, 0.2) is 0 Å². The number of hydrogen-bond acceptors (Lipinski definition) is 9. The van der Waals surface area contributed by atoms with E-state index >= 15 is 0 Å². The summed E-state index contributed by atoms with van der Waals surface area (Å²) in [6.45, 7) is 24.8. The van der Waals surface area contributed by atoms with Gasteiger partial charge in [-0.05, 0) is 79.4 Å². The first-order valence-electron chi connectivity index (χ1n) is 13.4. The standard InChI is InChI=1S/C14H30O4Si.C13H24O5/c1-13(2,3)19(6,7)16-9-8-11-12(10-15)18-14(4,5)17-11;1-12(2,3)11(15)16-8-10-9(6-7-14)17-13(4,5)18-10/h11-12,15H,8-10H2,1-7H3;9-10,14H,6-8H2,1-5H3/t11-,12+;9-,10+/m00/s1. The molecule has 0 amide bonds. The first-order chi connectivity index (χ1) is 16.6. The van der Waals surface area contributed by atoms with Crippen LogP contribution in [0.3, 0.4) is 0 Å². The number of rotatable bonds is 9. The maximum Gasteiger partial charge on any atom is 0.311 e. The molecular formula is C27H54O9Si. The van der Waals surface area contributed by atoms with E-state index in [0.29, 0.717) is 13.0 Å². The van der Waals surface area contributed by atoms with Crippen molar-refractivity contribution in [2.24, 2.45) is 5.41 Å². The van der Waals surface area contributed by atoms with Crippen molar-refractivity contribution in [1.29, 1.82) is 0 Å². The van der Waals surface area contributed by atoms with Gasteiger partial charge < -0.3 is 38.3 Å². The van der Waals surface area contributed by atoms with Crippen LogP contribution in [0.4, 0.5) is 0 Å². The second-order valence-corrected chi connectivity index (χ2v) is 18.2. The summed E-state index contributed by atoms with van der Waals surface area (Å²) in [7, 11) is -1.70. The van der Waals surface area contributed by atoms with Gasteiger partial charge in [0.25, 0.3) is 0 Å². The Morgan fingerprint density at radius 1 is 0.811 bits per heavy atom. The predicted octanol–water partition coefficient (Wildman–Crippen LogP) is 4.39. The van der Waals surface area contributed by atoms with Gasteiger partial charge in [0.15, 0.2) is 19.9 Å². The second-order valence-electron chi connectivity index (χ2n) is 13.4. The van der Waals surface area contributed by atoms with E-state index in [1.54, 1.807) is 20.8 Å². The number of aliphatic hydroxyl groups excluding tert-OH is 2. The van der Waals surface area contributed by atoms with Gasteiger partial charge in [-0.15, -0.1) is 0 Å². The number of ether oxygens (including phenoxy) is 5. The van der Waals surface area contributed by atoms with E-state index < -0.39 is 25.3 Å². The molecule has 2 rings (SSSR count). The molecule has 0 aromatic carbocycles. The fraction of sp³-hybridized carbons (Fsp3) is 0.963. The van der Waals surface area contributed by atoms with Crippen LogP contribution in [0.5, 0.6) is 0 Å². The molecule has 2 N–H and O–H groups in total. The highest BCUT2D eigenvalue weighted by molar-refractivity contribution is 6.74. The summed E-state index contributed by atoms with van der Waals surface area (Å²) < 4.78 is 34.1. The van der Waals surface area contributed by atoms with E-state index in [4.69, 9.17) is 33.2 Å². The molecule has 0 aromatic rings. The highest BCUT2D eigenvalue weighted by Gasteiger charge is 2.43. The van der Waals surface area contributed by atoms with Crippen LogP contribution < -0.4 is 0 Å². The molecule has 2 aliphatic rings. The largest absolute Gasteiger partial charge is 0.462 e. The molecule has 2 fully saturated rings. The van der Waals surface area contributed by atoms with Gasteiger partial charge in [-0.1, -0.05) is 20.8 Å². The van der Waals surface area contributed by atoms with Crippen LogP contribution in [0.25, 0.3) is 0 Å². The van der Waals surface area contributed by atoms with Gasteiger partial charge in [-0.3, -0.25) is 4.79 Å². The Bertz CT molecular complexity index is 710. The molecular weight excluding hydrogens is 496 g/mol. The molecule has 10 heteroatoms. The van der Waals surface area contributed by atoms with Gasteiger partial charge in [0.1, 0.15) is 18.8 Å². The summed E-state index contributed by atoms with van der Waals surface area (Å²) in [6, 6.07) is 0. The fourth-order valence-electron chi connectivity index (χ4n) is 3.75. The zero-order valence-electron chi connectivity index (χ0n) is 25.3. The first-order valence-corrected chi connectivity index (χ1v) is 16.3. The average molecular weight is 551 g/mol. The van der Waals surface area contributed by atoms with E-state index in [0.717, 1.165) is 6.42 Å². The molecule has 4 atom stereocenters. The number of hydrogen-bond donors (Lipinski definition) is 2. The lowest BCUT2D eigenvalue weighted by atomic mass is 9.97. The van der Waals surface area contributed by atoms with Crippen molar-refractivity contribution in [3.63, 3.8) is 0 Å². The Morgan fingerprint density at radius 3 is 1.70 bits per heavy atom. The van der Waals surface area contributed by atoms with Gasteiger partial charge in [0.2, 0.25) is 0 Å². The van der Waals surface area contributed by atoms with Crippen LogP contribution in [0.1, 0.15) is 82.1 Å². The normalized spacial score (nSPS) is 27.5. The average Bonchev–Trinajstić information content (AvgIpc) is 3.18. The van der Waals surface area contributed by atoms with E-state index in [1.165, 1.54) is 0 Å². The lowest BCUT2D eigenvalue weighted by molar-refractivity contribution is -0.165. The van der Waals surface area contributed by atoms with Crippen LogP contribution >= 0.6 is 0 Å². The minimum absolute atomic E-state index is 0.00576. The molecule has 2 saturated heterocycles. The predicted molar refractivity (Wildman–Crippen MR) is 145 cm³/mol. The molecule has 220 valence electrons. The summed E-state index contributed by atoms with van der Waals surface area (Å²) in [6.07, 6.45) is 0.363. The second kappa shape index (κ2) is 13.2. The lowest BCUT2D eigenvalue weighted by Gasteiger charge is -2.36. The number of carbonyl (C=O) groups excluding carboxylic acids is 1. The highest BCUT2D eigenvalue weighted by atomic mass is 28.4. The van der Waals surface area contributed by atoms with Crippen LogP contribution in [-0.2, 0) is 32.9 Å². The third-order valence-electron chi connectivity index (χ3n) is 6.83. The zero-order chi connectivity index (χ0) is 28.9.